The summed E-state index contributed by atoms with van der Waals surface area (Å²) in [7, 11) is 0. The molecule has 0 bridgehead atoms. The smallest absolute Gasteiger partial charge is 0.0595 e. The van der Waals surface area contributed by atoms with Gasteiger partial charge in [-0.05, 0) is 49.3 Å². The Morgan fingerprint density at radius 3 is 2.50 bits per heavy atom. The van der Waals surface area contributed by atoms with Gasteiger partial charge in [0.2, 0.25) is 0 Å². The highest BCUT2D eigenvalue weighted by Crippen LogP contribution is 2.32. The van der Waals surface area contributed by atoms with Gasteiger partial charge in [0.15, 0.2) is 0 Å². The van der Waals surface area contributed by atoms with Gasteiger partial charge in [-0.3, -0.25) is 0 Å². The van der Waals surface area contributed by atoms with Crippen molar-refractivity contribution in [1.29, 1.82) is 0 Å². The Hall–Kier alpha value is -0.240. The van der Waals surface area contributed by atoms with Gasteiger partial charge < -0.3 is 5.32 Å². The first-order chi connectivity index (χ1) is 9.47. The predicted octanol–water partition coefficient (Wildman–Crippen LogP) is 5.86. The van der Waals surface area contributed by atoms with E-state index in [4.69, 9.17) is 23.2 Å². The maximum atomic E-state index is 6.11. The monoisotopic (exact) mass is 313 g/mol. The lowest BCUT2D eigenvalue weighted by Crippen LogP contribution is -2.37. The molecule has 1 aromatic carbocycles. The van der Waals surface area contributed by atoms with E-state index in [-0.39, 0.29) is 0 Å². The van der Waals surface area contributed by atoms with Gasteiger partial charge in [-0.25, -0.2) is 0 Å². The van der Waals surface area contributed by atoms with Gasteiger partial charge in [-0.15, -0.1) is 0 Å². The van der Waals surface area contributed by atoms with Gasteiger partial charge in [-0.2, -0.15) is 0 Å². The molecule has 3 atom stereocenters. The number of nitrogens with one attached hydrogen (secondary N) is 1. The van der Waals surface area contributed by atoms with Gasteiger partial charge in [0, 0.05) is 12.1 Å². The second-order valence-electron chi connectivity index (χ2n) is 6.43. The summed E-state index contributed by atoms with van der Waals surface area (Å²) in [5.74, 6) is 1.65. The SMILES string of the molecule is CC(NC1CCCC(C(C)C)C1)c1ccc(Cl)c(Cl)c1. The third-order valence-electron chi connectivity index (χ3n) is 4.59. The lowest BCUT2D eigenvalue weighted by molar-refractivity contribution is 0.223. The Balaban J connectivity index is 1.96. The average Bonchev–Trinajstić information content (AvgIpc) is 2.42. The predicted molar refractivity (Wildman–Crippen MR) is 88.6 cm³/mol. The summed E-state index contributed by atoms with van der Waals surface area (Å²) >= 11 is 12.1. The zero-order chi connectivity index (χ0) is 14.7. The van der Waals surface area contributed by atoms with Crippen LogP contribution in [0, 0.1) is 11.8 Å². The summed E-state index contributed by atoms with van der Waals surface area (Å²) in [5, 5.41) is 5.03. The molecule has 0 radical (unpaired) electrons. The molecule has 112 valence electrons. The third kappa shape index (κ3) is 4.13. The first kappa shape index (κ1) is 16.1. The van der Waals surface area contributed by atoms with Crippen LogP contribution in [0.25, 0.3) is 0 Å². The molecule has 1 aliphatic carbocycles. The molecular weight excluding hydrogens is 289 g/mol. The van der Waals surface area contributed by atoms with Crippen LogP contribution in [0.5, 0.6) is 0 Å². The van der Waals surface area contributed by atoms with Crippen molar-refractivity contribution >= 4 is 23.2 Å². The van der Waals surface area contributed by atoms with Crippen molar-refractivity contribution in [2.45, 2.75) is 58.5 Å². The fourth-order valence-corrected chi connectivity index (χ4v) is 3.52. The molecule has 1 aromatic rings. The molecule has 1 aliphatic rings. The molecule has 0 spiro atoms. The van der Waals surface area contributed by atoms with Gasteiger partial charge in [-0.1, -0.05) is 56.0 Å². The third-order valence-corrected chi connectivity index (χ3v) is 5.33. The van der Waals surface area contributed by atoms with E-state index in [1.807, 2.05) is 12.1 Å². The van der Waals surface area contributed by atoms with Crippen LogP contribution < -0.4 is 5.32 Å². The van der Waals surface area contributed by atoms with Crippen molar-refractivity contribution in [3.63, 3.8) is 0 Å². The van der Waals surface area contributed by atoms with Crippen LogP contribution in [0.2, 0.25) is 10.0 Å². The molecule has 0 saturated heterocycles. The number of hydrogen-bond acceptors (Lipinski definition) is 1. The fraction of sp³-hybridized carbons (Fsp3) is 0.647. The minimum Gasteiger partial charge on any atom is -0.307 e. The van der Waals surface area contributed by atoms with E-state index in [1.54, 1.807) is 0 Å². The van der Waals surface area contributed by atoms with Gasteiger partial charge in [0.1, 0.15) is 0 Å². The molecule has 0 aliphatic heterocycles. The molecule has 1 nitrogen and oxygen atoms in total. The summed E-state index contributed by atoms with van der Waals surface area (Å²) < 4.78 is 0. The average molecular weight is 314 g/mol. The molecule has 1 fully saturated rings. The Morgan fingerprint density at radius 2 is 1.85 bits per heavy atom. The van der Waals surface area contributed by atoms with Crippen molar-refractivity contribution in [1.82, 2.24) is 5.32 Å². The Kier molecular flexibility index (Phi) is 5.77. The van der Waals surface area contributed by atoms with E-state index < -0.39 is 0 Å². The highest BCUT2D eigenvalue weighted by atomic mass is 35.5. The maximum absolute atomic E-state index is 6.11. The Morgan fingerprint density at radius 1 is 1.10 bits per heavy atom. The molecule has 0 aromatic heterocycles. The number of benzene rings is 1. The van der Waals surface area contributed by atoms with Gasteiger partial charge in [0.05, 0.1) is 10.0 Å². The van der Waals surface area contributed by atoms with Crippen LogP contribution >= 0.6 is 23.2 Å². The van der Waals surface area contributed by atoms with Crippen molar-refractivity contribution < 1.29 is 0 Å². The van der Waals surface area contributed by atoms with Crippen LogP contribution in [0.15, 0.2) is 18.2 Å². The maximum Gasteiger partial charge on any atom is 0.0595 e. The van der Waals surface area contributed by atoms with E-state index in [0.717, 1.165) is 11.8 Å². The van der Waals surface area contributed by atoms with Crippen LogP contribution in [-0.2, 0) is 0 Å². The summed E-state index contributed by atoms with van der Waals surface area (Å²) in [6, 6.07) is 6.87. The largest absolute Gasteiger partial charge is 0.307 e. The van der Waals surface area contributed by atoms with Crippen molar-refractivity contribution in [2.24, 2.45) is 11.8 Å². The first-order valence-electron chi connectivity index (χ1n) is 7.68. The second kappa shape index (κ2) is 7.15. The van der Waals surface area contributed by atoms with Gasteiger partial charge in [0.25, 0.3) is 0 Å². The standard InChI is InChI=1S/C17H25Cl2N/c1-11(2)13-5-4-6-15(9-13)20-12(3)14-7-8-16(18)17(19)10-14/h7-8,10-13,15,20H,4-6,9H2,1-3H3. The molecule has 0 amide bonds. The number of halogens is 2. The van der Waals surface area contributed by atoms with Crippen LogP contribution in [0.1, 0.15) is 58.1 Å². The first-order valence-corrected chi connectivity index (χ1v) is 8.44. The highest BCUT2D eigenvalue weighted by molar-refractivity contribution is 6.42. The van der Waals surface area contributed by atoms with Crippen LogP contribution in [-0.4, -0.2) is 6.04 Å². The second-order valence-corrected chi connectivity index (χ2v) is 7.24. The molecule has 20 heavy (non-hydrogen) atoms. The van der Waals surface area contributed by atoms with E-state index in [9.17, 15) is 0 Å². The fourth-order valence-electron chi connectivity index (χ4n) is 3.22. The lowest BCUT2D eigenvalue weighted by atomic mass is 9.79. The van der Waals surface area contributed by atoms with E-state index in [1.165, 1.54) is 31.2 Å². The normalized spacial score (nSPS) is 24.9. The summed E-state index contributed by atoms with van der Waals surface area (Å²) in [6.45, 7) is 6.89. The summed E-state index contributed by atoms with van der Waals surface area (Å²) in [6.07, 6.45) is 5.31. The highest BCUT2D eigenvalue weighted by Gasteiger charge is 2.25. The lowest BCUT2D eigenvalue weighted by Gasteiger charge is -2.34. The zero-order valence-corrected chi connectivity index (χ0v) is 14.1. The van der Waals surface area contributed by atoms with E-state index in [0.29, 0.717) is 22.1 Å². The van der Waals surface area contributed by atoms with Crippen molar-refractivity contribution in [2.75, 3.05) is 0 Å². The van der Waals surface area contributed by atoms with Crippen molar-refractivity contribution in [3.8, 4) is 0 Å². The van der Waals surface area contributed by atoms with Crippen LogP contribution in [0.3, 0.4) is 0 Å². The van der Waals surface area contributed by atoms with Crippen molar-refractivity contribution in [3.05, 3.63) is 33.8 Å². The van der Waals surface area contributed by atoms with E-state index in [2.05, 4.69) is 32.2 Å². The summed E-state index contributed by atoms with van der Waals surface area (Å²) in [5.41, 5.74) is 1.21. The number of hydrogen-bond donors (Lipinski definition) is 1. The molecule has 3 unspecified atom stereocenters. The minimum atomic E-state index is 0.320. The molecule has 3 heteroatoms. The number of rotatable bonds is 4. The molecule has 0 heterocycles. The quantitative estimate of drug-likeness (QED) is 0.734. The van der Waals surface area contributed by atoms with E-state index >= 15 is 0 Å². The molecular formula is C17H25Cl2N. The zero-order valence-electron chi connectivity index (χ0n) is 12.6. The minimum absolute atomic E-state index is 0.320. The Bertz CT molecular complexity index is 445. The summed E-state index contributed by atoms with van der Waals surface area (Å²) in [4.78, 5) is 0. The molecule has 2 rings (SSSR count). The Labute approximate surface area is 133 Å². The molecule has 1 N–H and O–H groups in total. The van der Waals surface area contributed by atoms with Gasteiger partial charge >= 0.3 is 0 Å². The topological polar surface area (TPSA) is 12.0 Å². The van der Waals surface area contributed by atoms with Crippen LogP contribution in [0.4, 0.5) is 0 Å². The molecule has 1 saturated carbocycles.